The first-order chi connectivity index (χ1) is 14.0. The van der Waals surface area contributed by atoms with Crippen LogP contribution in [0.2, 0.25) is 0 Å². The van der Waals surface area contributed by atoms with E-state index in [1.165, 1.54) is 21.8 Å². The molecule has 0 radical (unpaired) electrons. The average Bonchev–Trinajstić information content (AvgIpc) is 3.18. The number of carbonyl (C=O) groups is 1. The van der Waals surface area contributed by atoms with Gasteiger partial charge in [0.25, 0.3) is 11.2 Å². The largest absolute Gasteiger partial charge is 0.340 e. The fourth-order valence-electron chi connectivity index (χ4n) is 3.47. The van der Waals surface area contributed by atoms with Gasteiger partial charge in [-0.1, -0.05) is 18.2 Å². The summed E-state index contributed by atoms with van der Waals surface area (Å²) in [5.41, 5.74) is 1.03. The maximum absolute atomic E-state index is 12.6. The van der Waals surface area contributed by atoms with Gasteiger partial charge in [-0.25, -0.2) is 4.98 Å². The predicted molar refractivity (Wildman–Crippen MR) is 108 cm³/mol. The van der Waals surface area contributed by atoms with Crippen molar-refractivity contribution in [3.8, 4) is 0 Å². The minimum Gasteiger partial charge on any atom is -0.340 e. The number of thiazole rings is 1. The predicted octanol–water partition coefficient (Wildman–Crippen LogP) is 1.55. The van der Waals surface area contributed by atoms with Gasteiger partial charge in [-0.2, -0.15) is 0 Å². The zero-order valence-corrected chi connectivity index (χ0v) is 16.4. The summed E-state index contributed by atoms with van der Waals surface area (Å²) in [6.07, 6.45) is 1.73. The Morgan fingerprint density at radius 2 is 1.97 bits per heavy atom. The van der Waals surface area contributed by atoms with Gasteiger partial charge >= 0.3 is 0 Å². The summed E-state index contributed by atoms with van der Waals surface area (Å²) in [4.78, 5) is 44.5. The summed E-state index contributed by atoms with van der Waals surface area (Å²) in [5.74, 6) is -0.115. The van der Waals surface area contributed by atoms with Gasteiger partial charge in [0.05, 0.1) is 17.0 Å². The quantitative estimate of drug-likeness (QED) is 0.465. The molecule has 1 fully saturated rings. The summed E-state index contributed by atoms with van der Waals surface area (Å²) in [6.45, 7) is 2.96. The van der Waals surface area contributed by atoms with E-state index in [-0.39, 0.29) is 23.6 Å². The first-order valence-corrected chi connectivity index (χ1v) is 10.1. The second-order valence-electron chi connectivity index (χ2n) is 6.86. The maximum atomic E-state index is 12.6. The van der Waals surface area contributed by atoms with E-state index in [1.807, 2.05) is 5.38 Å². The molecule has 0 unspecified atom stereocenters. The third-order valence-corrected chi connectivity index (χ3v) is 5.75. The molecule has 29 heavy (non-hydrogen) atoms. The highest BCUT2D eigenvalue weighted by molar-refractivity contribution is 7.15. The van der Waals surface area contributed by atoms with Crippen LogP contribution < -0.4 is 5.56 Å². The number of hydrogen-bond acceptors (Lipinski definition) is 7. The van der Waals surface area contributed by atoms with Crippen molar-refractivity contribution in [3.63, 3.8) is 0 Å². The van der Waals surface area contributed by atoms with Gasteiger partial charge in [0, 0.05) is 62.0 Å². The lowest BCUT2D eigenvalue weighted by atomic mass is 10.1. The van der Waals surface area contributed by atoms with Gasteiger partial charge in [-0.3, -0.25) is 29.0 Å². The third kappa shape index (κ3) is 4.17. The summed E-state index contributed by atoms with van der Waals surface area (Å²) in [5, 5.41) is 13.0. The highest BCUT2D eigenvalue weighted by atomic mass is 32.1. The minimum atomic E-state index is -0.458. The molecule has 0 aliphatic carbocycles. The van der Waals surface area contributed by atoms with Gasteiger partial charge < -0.3 is 4.90 Å². The number of nitro benzene ring substituents is 1. The number of fused-ring (bicyclic) bond motifs is 1. The summed E-state index contributed by atoms with van der Waals surface area (Å²) < 4.78 is 1.52. The molecule has 1 saturated heterocycles. The van der Waals surface area contributed by atoms with Gasteiger partial charge in [0.1, 0.15) is 0 Å². The molecule has 0 N–H and O–H groups in total. The van der Waals surface area contributed by atoms with Gasteiger partial charge in [0.2, 0.25) is 5.91 Å². The Kier molecular flexibility index (Phi) is 5.36. The van der Waals surface area contributed by atoms with Crippen molar-refractivity contribution >= 4 is 27.9 Å². The number of nitro groups is 1. The highest BCUT2D eigenvalue weighted by Gasteiger charge is 2.24. The van der Waals surface area contributed by atoms with E-state index in [2.05, 4.69) is 9.88 Å². The van der Waals surface area contributed by atoms with Gasteiger partial charge in [-0.05, 0) is 0 Å². The van der Waals surface area contributed by atoms with E-state index in [0.717, 1.165) is 5.69 Å². The highest BCUT2D eigenvalue weighted by Crippen LogP contribution is 2.19. The van der Waals surface area contributed by atoms with Crippen LogP contribution in [0, 0.1) is 10.1 Å². The number of carbonyl (C=O) groups excluding carboxylic acids is 1. The Hall–Kier alpha value is -3.11. The van der Waals surface area contributed by atoms with Crippen molar-refractivity contribution in [2.75, 3.05) is 26.2 Å². The van der Waals surface area contributed by atoms with E-state index in [0.29, 0.717) is 43.2 Å². The Morgan fingerprint density at radius 3 is 2.72 bits per heavy atom. The first kappa shape index (κ1) is 19.2. The molecule has 1 aliphatic rings. The van der Waals surface area contributed by atoms with Crippen LogP contribution >= 0.6 is 11.3 Å². The van der Waals surface area contributed by atoms with Crippen LogP contribution in [0.1, 0.15) is 11.3 Å². The SMILES string of the molecule is O=C(Cc1ccccc1[N+](=O)[O-])N1CCN(Cc2cc(=O)n3ccsc3n2)CC1. The number of para-hydroxylation sites is 1. The number of aromatic nitrogens is 2. The molecule has 2 aromatic heterocycles. The van der Waals surface area contributed by atoms with Gasteiger partial charge in [0.15, 0.2) is 4.96 Å². The Labute approximate surface area is 170 Å². The molecule has 0 saturated carbocycles. The van der Waals surface area contributed by atoms with Crippen molar-refractivity contribution in [2.45, 2.75) is 13.0 Å². The number of nitrogens with zero attached hydrogens (tertiary/aromatic N) is 5. The molecule has 150 valence electrons. The number of benzene rings is 1. The molecule has 3 heterocycles. The van der Waals surface area contributed by atoms with Crippen LogP contribution in [0.15, 0.2) is 46.7 Å². The molecule has 0 atom stereocenters. The molecule has 0 bridgehead atoms. The lowest BCUT2D eigenvalue weighted by molar-refractivity contribution is -0.385. The van der Waals surface area contributed by atoms with Crippen LogP contribution in [0.5, 0.6) is 0 Å². The van der Waals surface area contributed by atoms with Crippen LogP contribution in [-0.4, -0.2) is 56.2 Å². The van der Waals surface area contributed by atoms with Crippen molar-refractivity contribution in [2.24, 2.45) is 0 Å². The van der Waals surface area contributed by atoms with Crippen LogP contribution in [0.4, 0.5) is 5.69 Å². The minimum absolute atomic E-state index is 0.0184. The van der Waals surface area contributed by atoms with Gasteiger partial charge in [-0.15, -0.1) is 11.3 Å². The van der Waals surface area contributed by atoms with E-state index in [9.17, 15) is 19.7 Å². The molecule has 4 rings (SSSR count). The van der Waals surface area contributed by atoms with Crippen LogP contribution in [0.3, 0.4) is 0 Å². The fraction of sp³-hybridized carbons (Fsp3) is 0.316. The van der Waals surface area contributed by atoms with Crippen molar-refractivity contribution in [1.29, 1.82) is 0 Å². The molecule has 10 heteroatoms. The lowest BCUT2D eigenvalue weighted by Crippen LogP contribution is -2.48. The second kappa shape index (κ2) is 8.10. The average molecular weight is 413 g/mol. The van der Waals surface area contributed by atoms with E-state index in [1.54, 1.807) is 35.4 Å². The molecule has 9 nitrogen and oxygen atoms in total. The smallest absolute Gasteiger partial charge is 0.273 e. The van der Waals surface area contributed by atoms with Crippen molar-refractivity contribution in [1.82, 2.24) is 19.2 Å². The molecular formula is C19H19N5O4S. The van der Waals surface area contributed by atoms with Crippen LogP contribution in [-0.2, 0) is 17.8 Å². The van der Waals surface area contributed by atoms with Crippen LogP contribution in [0.25, 0.3) is 4.96 Å². The monoisotopic (exact) mass is 413 g/mol. The summed E-state index contributed by atoms with van der Waals surface area (Å²) in [6, 6.07) is 7.88. The molecule has 1 aromatic carbocycles. The standard InChI is InChI=1S/C19H19N5O4S/c25-17(11-14-3-1-2-4-16(14)24(27)28)22-7-5-21(6-8-22)13-15-12-18(26)23-9-10-29-19(23)20-15/h1-4,9-10,12H,5-8,11,13H2. The second-order valence-corrected chi connectivity index (χ2v) is 7.73. The Balaban J connectivity index is 1.36. The van der Waals surface area contributed by atoms with Crippen molar-refractivity contribution < 1.29 is 9.72 Å². The molecule has 1 amide bonds. The Morgan fingerprint density at radius 1 is 1.21 bits per heavy atom. The Bertz CT molecular complexity index is 1120. The zero-order valence-electron chi connectivity index (χ0n) is 15.6. The number of amides is 1. The number of piperazine rings is 1. The normalized spacial score (nSPS) is 15.0. The summed E-state index contributed by atoms with van der Waals surface area (Å²) in [7, 11) is 0. The number of hydrogen-bond donors (Lipinski definition) is 0. The topological polar surface area (TPSA) is 101 Å². The van der Waals surface area contributed by atoms with E-state index >= 15 is 0 Å². The molecular weight excluding hydrogens is 394 g/mol. The lowest BCUT2D eigenvalue weighted by Gasteiger charge is -2.34. The van der Waals surface area contributed by atoms with E-state index in [4.69, 9.17) is 0 Å². The van der Waals surface area contributed by atoms with Crippen molar-refractivity contribution in [3.05, 3.63) is 73.6 Å². The maximum Gasteiger partial charge on any atom is 0.273 e. The zero-order chi connectivity index (χ0) is 20.4. The fourth-order valence-corrected chi connectivity index (χ4v) is 4.21. The molecule has 1 aliphatic heterocycles. The first-order valence-electron chi connectivity index (χ1n) is 9.19. The third-order valence-electron chi connectivity index (χ3n) is 5.00. The van der Waals surface area contributed by atoms with E-state index < -0.39 is 4.92 Å². The molecule has 3 aromatic rings. The molecule has 0 spiro atoms. The number of rotatable bonds is 5. The summed E-state index contributed by atoms with van der Waals surface area (Å²) >= 11 is 1.42.